The van der Waals surface area contributed by atoms with E-state index < -0.39 is 12.0 Å². The first kappa shape index (κ1) is 32.1. The van der Waals surface area contributed by atoms with Gasteiger partial charge in [-0.05, 0) is 40.7 Å². The lowest BCUT2D eigenvalue weighted by Gasteiger charge is -2.32. The van der Waals surface area contributed by atoms with Crippen molar-refractivity contribution in [1.82, 2.24) is 25.5 Å². The molecule has 2 aromatic carbocycles. The normalized spacial score (nSPS) is 11.3. The summed E-state index contributed by atoms with van der Waals surface area (Å²) in [6.07, 6.45) is 4.02. The number of benzene rings is 2. The zero-order valence-corrected chi connectivity index (χ0v) is 24.1. The number of aromatic amines is 1. The number of nitrogens with one attached hydrogen (secondary N) is 1. The third kappa shape index (κ3) is 9.91. The summed E-state index contributed by atoms with van der Waals surface area (Å²) in [5.74, 6) is -0.966. The van der Waals surface area contributed by atoms with Gasteiger partial charge in [0, 0.05) is 25.5 Å². The maximum absolute atomic E-state index is 12.9. The SMILES string of the molecule is CCCCC(=O)N(Cc1ccc(-c2ccccc2-c2nn[nH]n2)cc1)[C@H](C(=O)O)C(C)C.CCCCOC(C)=O. The molecule has 10 heteroatoms. The van der Waals surface area contributed by atoms with Gasteiger partial charge in [-0.15, -0.1) is 10.2 Å². The van der Waals surface area contributed by atoms with Crippen LogP contribution in [-0.2, 0) is 25.7 Å². The van der Waals surface area contributed by atoms with Crippen LogP contribution in [-0.4, -0.2) is 61.1 Å². The summed E-state index contributed by atoms with van der Waals surface area (Å²) in [7, 11) is 0. The molecule has 0 bridgehead atoms. The molecule has 0 aliphatic rings. The Bertz CT molecular complexity index is 1200. The summed E-state index contributed by atoms with van der Waals surface area (Å²) >= 11 is 0. The molecule has 0 saturated carbocycles. The molecule has 1 atom stereocenters. The molecule has 2 N–H and O–H groups in total. The van der Waals surface area contributed by atoms with Gasteiger partial charge in [0.25, 0.3) is 0 Å². The van der Waals surface area contributed by atoms with Gasteiger partial charge < -0.3 is 14.7 Å². The van der Waals surface area contributed by atoms with Crippen molar-refractivity contribution in [2.45, 2.75) is 79.3 Å². The van der Waals surface area contributed by atoms with Crippen LogP contribution in [0.2, 0.25) is 0 Å². The summed E-state index contributed by atoms with van der Waals surface area (Å²) < 4.78 is 4.64. The lowest BCUT2D eigenvalue weighted by molar-refractivity contribution is -0.153. The molecule has 1 heterocycles. The number of carboxylic acids is 1. The van der Waals surface area contributed by atoms with Crippen LogP contribution in [0.15, 0.2) is 48.5 Å². The van der Waals surface area contributed by atoms with Crippen LogP contribution >= 0.6 is 0 Å². The van der Waals surface area contributed by atoms with E-state index in [0.717, 1.165) is 47.9 Å². The van der Waals surface area contributed by atoms with Gasteiger partial charge in [-0.1, -0.05) is 89.1 Å². The van der Waals surface area contributed by atoms with Gasteiger partial charge in [0.1, 0.15) is 6.04 Å². The smallest absolute Gasteiger partial charge is 0.326 e. The van der Waals surface area contributed by atoms with E-state index in [0.29, 0.717) is 18.9 Å². The standard InChI is InChI=1S/C24H29N5O3.C6H12O2/c1-4-5-10-21(30)29(22(16(2)3)24(31)32)15-17-11-13-18(14-12-17)19-8-6-7-9-20(19)23-25-27-28-26-23;1-3-4-5-8-6(2)7/h6-9,11-14,16,22H,4-5,10,15H2,1-3H3,(H,31,32)(H,25,26,27,28);3-5H2,1-2H3/t22-;/m0./s1. The Morgan fingerprint density at radius 2 is 1.62 bits per heavy atom. The second-order valence-corrected chi connectivity index (χ2v) is 9.82. The van der Waals surface area contributed by atoms with E-state index in [1.54, 1.807) is 0 Å². The fourth-order valence-electron chi connectivity index (χ4n) is 4.14. The molecule has 40 heavy (non-hydrogen) atoms. The molecule has 0 spiro atoms. The molecule has 216 valence electrons. The monoisotopic (exact) mass is 551 g/mol. The second kappa shape index (κ2) is 16.8. The van der Waals surface area contributed by atoms with Crippen molar-refractivity contribution in [3.05, 3.63) is 54.1 Å². The third-order valence-corrected chi connectivity index (χ3v) is 6.22. The van der Waals surface area contributed by atoms with Gasteiger partial charge >= 0.3 is 11.9 Å². The van der Waals surface area contributed by atoms with Gasteiger partial charge in [0.05, 0.1) is 6.61 Å². The van der Waals surface area contributed by atoms with Crippen molar-refractivity contribution in [3.8, 4) is 22.5 Å². The number of aromatic nitrogens is 4. The molecule has 3 rings (SSSR count). The van der Waals surface area contributed by atoms with Crippen LogP contribution in [0, 0.1) is 5.92 Å². The number of carboxylic acid groups (broad SMARTS) is 1. The maximum Gasteiger partial charge on any atom is 0.326 e. The number of nitrogens with zero attached hydrogens (tertiary/aromatic N) is 4. The number of aliphatic carboxylic acids is 1. The number of carbonyl (C=O) groups is 3. The van der Waals surface area contributed by atoms with Gasteiger partial charge in [-0.3, -0.25) is 9.59 Å². The Labute approximate surface area is 236 Å². The number of esters is 1. The summed E-state index contributed by atoms with van der Waals surface area (Å²) in [5.41, 5.74) is 3.66. The molecule has 3 aromatic rings. The van der Waals surface area contributed by atoms with E-state index in [1.165, 1.54) is 11.8 Å². The molecular formula is C30H41N5O5. The van der Waals surface area contributed by atoms with E-state index in [2.05, 4.69) is 32.3 Å². The largest absolute Gasteiger partial charge is 0.480 e. The predicted octanol–water partition coefficient (Wildman–Crippen LogP) is 5.51. The van der Waals surface area contributed by atoms with Crippen molar-refractivity contribution in [2.24, 2.45) is 5.92 Å². The lowest BCUT2D eigenvalue weighted by atomic mass is 9.97. The van der Waals surface area contributed by atoms with Crippen molar-refractivity contribution in [2.75, 3.05) is 6.61 Å². The van der Waals surface area contributed by atoms with Gasteiger partial charge in [-0.2, -0.15) is 5.21 Å². The average molecular weight is 552 g/mol. The van der Waals surface area contributed by atoms with E-state index in [9.17, 15) is 19.5 Å². The first-order valence-electron chi connectivity index (χ1n) is 13.8. The van der Waals surface area contributed by atoms with Crippen LogP contribution < -0.4 is 0 Å². The minimum Gasteiger partial charge on any atom is -0.480 e. The number of unbranched alkanes of at least 4 members (excludes halogenated alkanes) is 2. The number of ether oxygens (including phenoxy) is 1. The summed E-state index contributed by atoms with van der Waals surface area (Å²) in [5, 5.41) is 24.0. The molecule has 0 fully saturated rings. The molecule has 1 aromatic heterocycles. The molecular weight excluding hydrogens is 510 g/mol. The lowest BCUT2D eigenvalue weighted by Crippen LogP contribution is -2.47. The minimum atomic E-state index is -0.976. The highest BCUT2D eigenvalue weighted by molar-refractivity contribution is 5.84. The Balaban J connectivity index is 0.000000611. The first-order chi connectivity index (χ1) is 19.2. The van der Waals surface area contributed by atoms with Gasteiger partial charge in [0.2, 0.25) is 11.7 Å². The number of H-pyrrole nitrogens is 1. The number of hydrogen-bond acceptors (Lipinski definition) is 7. The van der Waals surface area contributed by atoms with E-state index >= 15 is 0 Å². The van der Waals surface area contributed by atoms with Crippen LogP contribution in [0.3, 0.4) is 0 Å². The van der Waals surface area contributed by atoms with Crippen LogP contribution in [0.1, 0.15) is 72.3 Å². The molecule has 1 amide bonds. The number of rotatable bonds is 13. The summed E-state index contributed by atoms with van der Waals surface area (Å²) in [6, 6.07) is 14.7. The molecule has 0 radical (unpaired) electrons. The first-order valence-corrected chi connectivity index (χ1v) is 13.8. The maximum atomic E-state index is 12.9. The Hall–Kier alpha value is -4.08. The summed E-state index contributed by atoms with van der Waals surface area (Å²) in [6.45, 7) is 9.99. The minimum absolute atomic E-state index is 0.125. The van der Waals surface area contributed by atoms with Crippen molar-refractivity contribution >= 4 is 17.8 Å². The molecule has 0 saturated heterocycles. The third-order valence-electron chi connectivity index (χ3n) is 6.22. The van der Waals surface area contributed by atoms with Crippen molar-refractivity contribution < 1.29 is 24.2 Å². The molecule has 0 unspecified atom stereocenters. The van der Waals surface area contributed by atoms with Crippen LogP contribution in [0.25, 0.3) is 22.5 Å². The van der Waals surface area contributed by atoms with Crippen molar-refractivity contribution in [1.29, 1.82) is 0 Å². The van der Waals surface area contributed by atoms with Gasteiger partial charge in [-0.25, -0.2) is 4.79 Å². The number of carbonyl (C=O) groups excluding carboxylic acids is 2. The number of hydrogen-bond donors (Lipinski definition) is 2. The zero-order valence-electron chi connectivity index (χ0n) is 24.1. The highest BCUT2D eigenvalue weighted by atomic mass is 16.5. The topological polar surface area (TPSA) is 138 Å². The fraction of sp³-hybridized carbons (Fsp3) is 0.467. The Kier molecular flexibility index (Phi) is 13.5. The van der Waals surface area contributed by atoms with Gasteiger partial charge in [0.15, 0.2) is 0 Å². The number of tetrazole rings is 1. The molecule has 0 aliphatic carbocycles. The zero-order chi connectivity index (χ0) is 29.5. The van der Waals surface area contributed by atoms with Crippen molar-refractivity contribution in [3.63, 3.8) is 0 Å². The number of amides is 1. The average Bonchev–Trinajstić information content (AvgIpc) is 3.47. The highest BCUT2D eigenvalue weighted by Gasteiger charge is 2.32. The predicted molar refractivity (Wildman–Crippen MR) is 153 cm³/mol. The molecule has 10 nitrogen and oxygen atoms in total. The van der Waals surface area contributed by atoms with E-state index in [1.807, 2.05) is 69.3 Å². The van der Waals surface area contributed by atoms with E-state index in [4.69, 9.17) is 0 Å². The van der Waals surface area contributed by atoms with Crippen LogP contribution in [0.5, 0.6) is 0 Å². The Morgan fingerprint density at radius 3 is 2.15 bits per heavy atom. The fourth-order valence-corrected chi connectivity index (χ4v) is 4.14. The van der Waals surface area contributed by atoms with E-state index in [-0.39, 0.29) is 24.3 Å². The Morgan fingerprint density at radius 1 is 0.975 bits per heavy atom. The molecule has 0 aliphatic heterocycles. The highest BCUT2D eigenvalue weighted by Crippen LogP contribution is 2.30. The second-order valence-electron chi connectivity index (χ2n) is 9.82. The summed E-state index contributed by atoms with van der Waals surface area (Å²) in [4.78, 5) is 36.4. The quantitative estimate of drug-likeness (QED) is 0.209. The van der Waals surface area contributed by atoms with Crippen LogP contribution in [0.4, 0.5) is 0 Å².